The van der Waals surface area contributed by atoms with Gasteiger partial charge in [-0.1, -0.05) is 48.4 Å². The Balaban J connectivity index is 2.41. The molecule has 0 atom stereocenters. The molecule has 0 aliphatic heterocycles. The van der Waals surface area contributed by atoms with Crippen molar-refractivity contribution >= 4 is 0 Å². The van der Waals surface area contributed by atoms with Gasteiger partial charge in [-0.15, -0.1) is 0 Å². The maximum atomic E-state index is 3.33. The molecule has 0 saturated heterocycles. The summed E-state index contributed by atoms with van der Waals surface area (Å²) in [6.07, 6.45) is 4.55. The van der Waals surface area contributed by atoms with Crippen LogP contribution in [0.4, 0.5) is 0 Å². The average Bonchev–Trinajstić information content (AvgIpc) is 2.24. The summed E-state index contributed by atoms with van der Waals surface area (Å²) in [5, 5.41) is 3.33. The molecular formula is C15H23N. The summed E-state index contributed by atoms with van der Waals surface area (Å²) in [5.74, 6) is 0. The standard InChI is InChI=1S/C15H23N/c1-4-16-10-6-8-14(3)12-15-9-5-7-13(2)11-15/h5,7-9,11,16H,4,6,10,12H2,1-3H3. The predicted octanol–water partition coefficient (Wildman–Crippen LogP) is 3.48. The van der Waals surface area contributed by atoms with Gasteiger partial charge < -0.3 is 5.32 Å². The second-order valence-electron chi connectivity index (χ2n) is 4.36. The van der Waals surface area contributed by atoms with E-state index < -0.39 is 0 Å². The summed E-state index contributed by atoms with van der Waals surface area (Å²) >= 11 is 0. The predicted molar refractivity (Wildman–Crippen MR) is 71.8 cm³/mol. The molecule has 0 radical (unpaired) electrons. The highest BCUT2D eigenvalue weighted by atomic mass is 14.8. The van der Waals surface area contributed by atoms with Crippen LogP contribution in [0.5, 0.6) is 0 Å². The van der Waals surface area contributed by atoms with Crippen molar-refractivity contribution < 1.29 is 0 Å². The molecule has 1 aromatic rings. The Morgan fingerprint density at radius 1 is 1.38 bits per heavy atom. The van der Waals surface area contributed by atoms with Gasteiger partial charge in [0.2, 0.25) is 0 Å². The summed E-state index contributed by atoms with van der Waals surface area (Å²) in [5.41, 5.74) is 4.22. The van der Waals surface area contributed by atoms with E-state index in [1.165, 1.54) is 16.7 Å². The van der Waals surface area contributed by atoms with Gasteiger partial charge in [0, 0.05) is 0 Å². The van der Waals surface area contributed by atoms with Crippen LogP contribution < -0.4 is 5.32 Å². The monoisotopic (exact) mass is 217 g/mol. The lowest BCUT2D eigenvalue weighted by molar-refractivity contribution is 0.724. The van der Waals surface area contributed by atoms with Crippen molar-refractivity contribution in [2.45, 2.75) is 33.6 Å². The molecule has 1 N–H and O–H groups in total. The topological polar surface area (TPSA) is 12.0 Å². The summed E-state index contributed by atoms with van der Waals surface area (Å²) in [6.45, 7) is 8.65. The molecule has 0 spiro atoms. The fourth-order valence-corrected chi connectivity index (χ4v) is 1.81. The van der Waals surface area contributed by atoms with Crippen molar-refractivity contribution in [3.63, 3.8) is 0 Å². The van der Waals surface area contributed by atoms with E-state index in [4.69, 9.17) is 0 Å². The number of benzene rings is 1. The highest BCUT2D eigenvalue weighted by Gasteiger charge is 1.95. The van der Waals surface area contributed by atoms with Crippen molar-refractivity contribution in [1.82, 2.24) is 5.32 Å². The third-order valence-electron chi connectivity index (χ3n) is 2.63. The molecule has 0 unspecified atom stereocenters. The molecule has 16 heavy (non-hydrogen) atoms. The van der Waals surface area contributed by atoms with Crippen LogP contribution in [-0.4, -0.2) is 13.1 Å². The average molecular weight is 217 g/mol. The molecule has 0 aliphatic rings. The summed E-state index contributed by atoms with van der Waals surface area (Å²) in [4.78, 5) is 0. The highest BCUT2D eigenvalue weighted by Crippen LogP contribution is 2.10. The van der Waals surface area contributed by atoms with E-state index in [9.17, 15) is 0 Å². The Hall–Kier alpha value is -1.08. The minimum Gasteiger partial charge on any atom is -0.317 e. The zero-order valence-electron chi connectivity index (χ0n) is 10.7. The second-order valence-corrected chi connectivity index (χ2v) is 4.36. The van der Waals surface area contributed by atoms with Gasteiger partial charge in [0.05, 0.1) is 0 Å². The molecule has 1 heteroatoms. The molecule has 0 heterocycles. The largest absolute Gasteiger partial charge is 0.317 e. The molecule has 0 aliphatic carbocycles. The lowest BCUT2D eigenvalue weighted by Crippen LogP contribution is -2.13. The van der Waals surface area contributed by atoms with Gasteiger partial charge in [-0.25, -0.2) is 0 Å². The van der Waals surface area contributed by atoms with Crippen LogP contribution in [0, 0.1) is 6.92 Å². The number of rotatable bonds is 6. The first-order valence-electron chi connectivity index (χ1n) is 6.14. The van der Waals surface area contributed by atoms with Crippen LogP contribution in [0.3, 0.4) is 0 Å². The lowest BCUT2D eigenvalue weighted by atomic mass is 10.0. The normalized spacial score (nSPS) is 11.8. The van der Waals surface area contributed by atoms with E-state index in [1.54, 1.807) is 0 Å². The summed E-state index contributed by atoms with van der Waals surface area (Å²) < 4.78 is 0. The van der Waals surface area contributed by atoms with E-state index in [1.807, 2.05) is 0 Å². The SMILES string of the molecule is CCNCCC=C(C)Cc1cccc(C)c1. The van der Waals surface area contributed by atoms with Crippen LogP contribution in [-0.2, 0) is 6.42 Å². The zero-order chi connectivity index (χ0) is 11.8. The van der Waals surface area contributed by atoms with Crippen molar-refractivity contribution in [3.8, 4) is 0 Å². The molecule has 1 nitrogen and oxygen atoms in total. The molecule has 0 fully saturated rings. The molecule has 1 aromatic carbocycles. The number of nitrogens with one attached hydrogen (secondary N) is 1. The van der Waals surface area contributed by atoms with Gasteiger partial charge in [-0.3, -0.25) is 0 Å². The molecule has 0 saturated carbocycles. The second kappa shape index (κ2) is 7.24. The first-order valence-corrected chi connectivity index (χ1v) is 6.14. The molecule has 88 valence electrons. The van der Waals surface area contributed by atoms with Crippen molar-refractivity contribution in [2.75, 3.05) is 13.1 Å². The minimum atomic E-state index is 1.06. The number of hydrogen-bond donors (Lipinski definition) is 1. The number of aryl methyl sites for hydroxylation is 1. The summed E-state index contributed by atoms with van der Waals surface area (Å²) in [6, 6.07) is 8.75. The van der Waals surface area contributed by atoms with Gasteiger partial charge in [-0.05, 0) is 45.3 Å². The van der Waals surface area contributed by atoms with Crippen LogP contribution in [0.25, 0.3) is 0 Å². The maximum absolute atomic E-state index is 3.33. The van der Waals surface area contributed by atoms with Crippen molar-refractivity contribution in [1.29, 1.82) is 0 Å². The van der Waals surface area contributed by atoms with Gasteiger partial charge >= 0.3 is 0 Å². The van der Waals surface area contributed by atoms with Crippen LogP contribution in [0.15, 0.2) is 35.9 Å². The Bertz CT molecular complexity index is 339. The van der Waals surface area contributed by atoms with Gasteiger partial charge in [0.15, 0.2) is 0 Å². The first kappa shape index (κ1) is 13.0. The van der Waals surface area contributed by atoms with Gasteiger partial charge in [0.25, 0.3) is 0 Å². The number of hydrogen-bond acceptors (Lipinski definition) is 1. The lowest BCUT2D eigenvalue weighted by Gasteiger charge is -2.04. The summed E-state index contributed by atoms with van der Waals surface area (Å²) in [7, 11) is 0. The Morgan fingerprint density at radius 3 is 2.88 bits per heavy atom. The van der Waals surface area contributed by atoms with Gasteiger partial charge in [-0.2, -0.15) is 0 Å². The Morgan fingerprint density at radius 2 is 2.19 bits per heavy atom. The van der Waals surface area contributed by atoms with Crippen LogP contribution in [0.2, 0.25) is 0 Å². The third kappa shape index (κ3) is 5.13. The smallest absolute Gasteiger partial charge is 0.00143 e. The van der Waals surface area contributed by atoms with Crippen molar-refractivity contribution in [2.24, 2.45) is 0 Å². The first-order chi connectivity index (χ1) is 7.72. The van der Waals surface area contributed by atoms with E-state index >= 15 is 0 Å². The fourth-order valence-electron chi connectivity index (χ4n) is 1.81. The van der Waals surface area contributed by atoms with Crippen LogP contribution in [0.1, 0.15) is 31.4 Å². The Labute approximate surface area is 99.6 Å². The molecule has 0 aromatic heterocycles. The van der Waals surface area contributed by atoms with Gasteiger partial charge in [0.1, 0.15) is 0 Å². The third-order valence-corrected chi connectivity index (χ3v) is 2.63. The highest BCUT2D eigenvalue weighted by molar-refractivity contribution is 5.26. The minimum absolute atomic E-state index is 1.06. The van der Waals surface area contributed by atoms with Crippen molar-refractivity contribution in [3.05, 3.63) is 47.0 Å². The fraction of sp³-hybridized carbons (Fsp3) is 0.467. The van der Waals surface area contributed by atoms with E-state index in [0.717, 1.165) is 25.9 Å². The van der Waals surface area contributed by atoms with E-state index in [2.05, 4.69) is 56.4 Å². The quantitative estimate of drug-likeness (QED) is 0.568. The van der Waals surface area contributed by atoms with E-state index in [0.29, 0.717) is 0 Å². The molecular weight excluding hydrogens is 194 g/mol. The van der Waals surface area contributed by atoms with E-state index in [-0.39, 0.29) is 0 Å². The zero-order valence-corrected chi connectivity index (χ0v) is 10.7. The molecule has 1 rings (SSSR count). The maximum Gasteiger partial charge on any atom is -0.00143 e. The Kier molecular flexibility index (Phi) is 5.87. The van der Waals surface area contributed by atoms with Crippen LogP contribution >= 0.6 is 0 Å². The molecule has 0 amide bonds. The molecule has 0 bridgehead atoms. The number of allylic oxidation sites excluding steroid dienone is 1.